The van der Waals surface area contributed by atoms with Crippen molar-refractivity contribution < 1.29 is 19.2 Å². The zero-order chi connectivity index (χ0) is 28.0. The number of rotatable bonds is 8. The molecule has 1 saturated heterocycles. The van der Waals surface area contributed by atoms with Gasteiger partial charge in [-0.3, -0.25) is 19.2 Å². The van der Waals surface area contributed by atoms with Crippen LogP contribution >= 0.6 is 15.9 Å². The highest BCUT2D eigenvalue weighted by molar-refractivity contribution is 9.10. The molecule has 0 aliphatic carbocycles. The van der Waals surface area contributed by atoms with Crippen LogP contribution in [-0.2, 0) is 14.4 Å². The van der Waals surface area contributed by atoms with Crippen LogP contribution in [0.1, 0.15) is 64.2 Å². The van der Waals surface area contributed by atoms with E-state index >= 15 is 0 Å². The Labute approximate surface area is 233 Å². The number of hydrogen-bond acceptors (Lipinski definition) is 4. The van der Waals surface area contributed by atoms with Gasteiger partial charge in [0.25, 0.3) is 5.91 Å². The van der Waals surface area contributed by atoms with Crippen LogP contribution in [0, 0.1) is 11.3 Å². The number of likely N-dealkylation sites (tertiary alicyclic amines) is 1. The molecule has 1 aliphatic heterocycles. The van der Waals surface area contributed by atoms with Crippen molar-refractivity contribution in [1.29, 1.82) is 0 Å². The zero-order valence-corrected chi connectivity index (χ0v) is 24.2. The summed E-state index contributed by atoms with van der Waals surface area (Å²) < 4.78 is 0.903. The van der Waals surface area contributed by atoms with E-state index in [1.807, 2.05) is 26.0 Å². The van der Waals surface area contributed by atoms with Crippen molar-refractivity contribution >= 4 is 50.9 Å². The number of hydrogen-bond donors (Lipinski definition) is 3. The fourth-order valence-electron chi connectivity index (χ4n) is 4.27. The zero-order valence-electron chi connectivity index (χ0n) is 22.6. The number of halogens is 1. The van der Waals surface area contributed by atoms with E-state index in [0.717, 1.165) is 4.47 Å². The molecule has 0 bridgehead atoms. The summed E-state index contributed by atoms with van der Waals surface area (Å²) >= 11 is 3.38. The molecule has 4 amide bonds. The van der Waals surface area contributed by atoms with Gasteiger partial charge < -0.3 is 20.9 Å². The first-order valence-corrected chi connectivity index (χ1v) is 13.7. The molecule has 1 aliphatic rings. The second-order valence-corrected chi connectivity index (χ2v) is 12.0. The Morgan fingerprint density at radius 1 is 1.00 bits per heavy atom. The fraction of sp³-hybridized carbons (Fsp3) is 0.448. The molecule has 3 N–H and O–H groups in total. The topological polar surface area (TPSA) is 108 Å². The van der Waals surface area contributed by atoms with E-state index in [1.54, 1.807) is 62.1 Å². The van der Waals surface area contributed by atoms with E-state index in [1.165, 1.54) is 0 Å². The highest BCUT2D eigenvalue weighted by atomic mass is 79.9. The van der Waals surface area contributed by atoms with Crippen LogP contribution in [0.25, 0.3) is 0 Å². The highest BCUT2D eigenvalue weighted by Gasteiger charge is 2.36. The van der Waals surface area contributed by atoms with E-state index in [-0.39, 0.29) is 29.5 Å². The molecule has 2 aromatic rings. The Balaban J connectivity index is 1.77. The predicted molar refractivity (Wildman–Crippen MR) is 153 cm³/mol. The molecule has 38 heavy (non-hydrogen) atoms. The van der Waals surface area contributed by atoms with Crippen molar-refractivity contribution in [3.63, 3.8) is 0 Å². The van der Waals surface area contributed by atoms with Crippen LogP contribution in [0.4, 0.5) is 11.4 Å². The van der Waals surface area contributed by atoms with Crippen molar-refractivity contribution in [2.24, 2.45) is 11.3 Å². The third-order valence-electron chi connectivity index (χ3n) is 6.35. The molecule has 9 heteroatoms. The number of anilines is 2. The molecule has 2 atom stereocenters. The molecule has 0 aromatic heterocycles. The van der Waals surface area contributed by atoms with Crippen LogP contribution in [0.2, 0.25) is 0 Å². The first-order valence-electron chi connectivity index (χ1n) is 12.9. The average molecular weight is 586 g/mol. The number of benzene rings is 2. The molecule has 204 valence electrons. The van der Waals surface area contributed by atoms with E-state index in [0.29, 0.717) is 42.7 Å². The monoisotopic (exact) mass is 584 g/mol. The van der Waals surface area contributed by atoms with Crippen molar-refractivity contribution in [3.05, 3.63) is 58.6 Å². The Bertz CT molecular complexity index is 1170. The highest BCUT2D eigenvalue weighted by Crippen LogP contribution is 2.26. The number of nitrogens with one attached hydrogen (secondary N) is 3. The van der Waals surface area contributed by atoms with Gasteiger partial charge in [-0.25, -0.2) is 0 Å². The Hall–Kier alpha value is -3.20. The number of nitrogens with zero attached hydrogens (tertiary/aromatic N) is 1. The molecular formula is C29H37BrN4O4. The summed E-state index contributed by atoms with van der Waals surface area (Å²) in [7, 11) is 0. The van der Waals surface area contributed by atoms with Gasteiger partial charge in [-0.15, -0.1) is 0 Å². The lowest BCUT2D eigenvalue weighted by Gasteiger charge is -2.27. The average Bonchev–Trinajstić information content (AvgIpc) is 3.34. The first kappa shape index (κ1) is 29.4. The van der Waals surface area contributed by atoms with Gasteiger partial charge in [-0.1, -0.05) is 62.7 Å². The minimum absolute atomic E-state index is 0.164. The SMILES string of the molecule is CC(C)C[C@@H](NC(=O)C(C)(C)C)C(=O)Nc1ccccc1C(=O)N1CCC[C@H]1C(=O)Nc1ccc(Br)cc1. The van der Waals surface area contributed by atoms with Crippen molar-refractivity contribution in [2.45, 2.75) is 66.0 Å². The summed E-state index contributed by atoms with van der Waals surface area (Å²) in [5, 5.41) is 8.61. The predicted octanol–water partition coefficient (Wildman–Crippen LogP) is 5.21. The number of carbonyl (C=O) groups is 4. The summed E-state index contributed by atoms with van der Waals surface area (Å²) in [6.07, 6.45) is 1.71. The van der Waals surface area contributed by atoms with Crippen LogP contribution in [-0.4, -0.2) is 47.2 Å². The van der Waals surface area contributed by atoms with Crippen LogP contribution < -0.4 is 16.0 Å². The Kier molecular flexibility index (Phi) is 9.71. The number of carbonyl (C=O) groups excluding carboxylic acids is 4. The fourth-order valence-corrected chi connectivity index (χ4v) is 4.54. The second-order valence-electron chi connectivity index (χ2n) is 11.1. The van der Waals surface area contributed by atoms with Gasteiger partial charge >= 0.3 is 0 Å². The molecule has 2 aromatic carbocycles. The minimum Gasteiger partial charge on any atom is -0.344 e. The molecule has 0 saturated carbocycles. The lowest BCUT2D eigenvalue weighted by Crippen LogP contribution is -2.48. The van der Waals surface area contributed by atoms with Gasteiger partial charge in [-0.2, -0.15) is 0 Å². The third kappa shape index (κ3) is 7.66. The summed E-state index contributed by atoms with van der Waals surface area (Å²) in [4.78, 5) is 54.2. The van der Waals surface area contributed by atoms with Crippen LogP contribution in [0.15, 0.2) is 53.0 Å². The van der Waals surface area contributed by atoms with Crippen LogP contribution in [0.3, 0.4) is 0 Å². The smallest absolute Gasteiger partial charge is 0.256 e. The van der Waals surface area contributed by atoms with Gasteiger partial charge in [0.2, 0.25) is 17.7 Å². The lowest BCUT2D eigenvalue weighted by atomic mass is 9.94. The lowest BCUT2D eigenvalue weighted by molar-refractivity contribution is -0.132. The maximum atomic E-state index is 13.6. The summed E-state index contributed by atoms with van der Waals surface area (Å²) in [6, 6.07) is 12.7. The third-order valence-corrected chi connectivity index (χ3v) is 6.88. The standard InChI is InChI=1S/C29H37BrN4O4/c1-18(2)17-23(33-28(38)29(3,4)5)25(35)32-22-10-7-6-9-21(22)27(37)34-16-8-11-24(34)26(36)31-20-14-12-19(30)13-15-20/h6-7,9-10,12-15,18,23-24H,8,11,16-17H2,1-5H3,(H,31,36)(H,32,35)(H,33,38)/t23-,24+/m1/s1. The molecule has 1 heterocycles. The van der Waals surface area contributed by atoms with E-state index in [4.69, 9.17) is 0 Å². The van der Waals surface area contributed by atoms with E-state index < -0.39 is 17.5 Å². The largest absolute Gasteiger partial charge is 0.344 e. The molecule has 0 radical (unpaired) electrons. The van der Waals surface area contributed by atoms with Crippen molar-refractivity contribution in [2.75, 3.05) is 17.2 Å². The van der Waals surface area contributed by atoms with Gasteiger partial charge in [0.05, 0.1) is 11.3 Å². The van der Waals surface area contributed by atoms with Gasteiger partial charge in [0, 0.05) is 22.1 Å². The Morgan fingerprint density at radius 2 is 1.66 bits per heavy atom. The Morgan fingerprint density at radius 3 is 2.29 bits per heavy atom. The maximum Gasteiger partial charge on any atom is 0.256 e. The molecule has 0 unspecified atom stereocenters. The molecule has 0 spiro atoms. The summed E-state index contributed by atoms with van der Waals surface area (Å²) in [5.41, 5.74) is 0.652. The van der Waals surface area contributed by atoms with Crippen molar-refractivity contribution in [1.82, 2.24) is 10.2 Å². The number of amides is 4. The number of para-hydroxylation sites is 1. The van der Waals surface area contributed by atoms with Crippen molar-refractivity contribution in [3.8, 4) is 0 Å². The van der Waals surface area contributed by atoms with Gasteiger partial charge in [0.1, 0.15) is 12.1 Å². The van der Waals surface area contributed by atoms with E-state index in [9.17, 15) is 19.2 Å². The first-order chi connectivity index (χ1) is 17.9. The second kappa shape index (κ2) is 12.6. The molecule has 8 nitrogen and oxygen atoms in total. The van der Waals surface area contributed by atoms with E-state index in [2.05, 4.69) is 31.9 Å². The maximum absolute atomic E-state index is 13.6. The van der Waals surface area contributed by atoms with Gasteiger partial charge in [0.15, 0.2) is 0 Å². The summed E-state index contributed by atoms with van der Waals surface area (Å²) in [6.45, 7) is 9.78. The quantitative estimate of drug-likeness (QED) is 0.396. The summed E-state index contributed by atoms with van der Waals surface area (Å²) in [5.74, 6) is -1.02. The molecule has 3 rings (SSSR count). The normalized spacial score (nSPS) is 16.2. The molecule has 1 fully saturated rings. The van der Waals surface area contributed by atoms with Gasteiger partial charge in [-0.05, 0) is 61.6 Å². The minimum atomic E-state index is -0.749. The van der Waals surface area contributed by atoms with Crippen LogP contribution in [0.5, 0.6) is 0 Å². The molecular weight excluding hydrogens is 548 g/mol.